The van der Waals surface area contributed by atoms with Gasteiger partial charge >= 0.3 is 5.97 Å². The van der Waals surface area contributed by atoms with Crippen molar-refractivity contribution in [1.82, 2.24) is 4.90 Å². The Labute approximate surface area is 162 Å². The first-order valence-electron chi connectivity index (χ1n) is 8.49. The van der Waals surface area contributed by atoms with E-state index >= 15 is 0 Å². The lowest BCUT2D eigenvalue weighted by atomic mass is 9.98. The van der Waals surface area contributed by atoms with Crippen LogP contribution in [0.2, 0.25) is 0 Å². The number of ether oxygens (including phenoxy) is 1. The number of benzene rings is 2. The van der Waals surface area contributed by atoms with Crippen molar-refractivity contribution in [2.24, 2.45) is 5.14 Å². The van der Waals surface area contributed by atoms with Gasteiger partial charge in [-0.2, -0.15) is 0 Å². The Kier molecular flexibility index (Phi) is 5.24. The molecule has 0 fully saturated rings. The van der Waals surface area contributed by atoms with Crippen LogP contribution in [0.4, 0.5) is 0 Å². The molecule has 3 rings (SSSR count). The highest BCUT2D eigenvalue weighted by molar-refractivity contribution is 7.89. The summed E-state index contributed by atoms with van der Waals surface area (Å²) in [6.45, 7) is 0.121. The Balaban J connectivity index is 1.85. The van der Waals surface area contributed by atoms with Crippen molar-refractivity contribution in [3.05, 3.63) is 65.2 Å². The number of nitrogens with zero attached hydrogens (tertiary/aromatic N) is 1. The predicted molar refractivity (Wildman–Crippen MR) is 99.5 cm³/mol. The molecule has 2 aromatic carbocycles. The van der Waals surface area contributed by atoms with Crippen LogP contribution in [0.25, 0.3) is 0 Å². The molecule has 0 spiro atoms. The van der Waals surface area contributed by atoms with Crippen molar-refractivity contribution in [2.45, 2.75) is 23.5 Å². The molecule has 28 heavy (non-hydrogen) atoms. The normalized spacial score (nSPS) is 18.8. The molecular formula is C19H20N2O6S. The Bertz CT molecular complexity index is 1020. The number of esters is 1. The molecule has 3 N–H and O–H groups in total. The van der Waals surface area contributed by atoms with Crippen molar-refractivity contribution in [2.75, 3.05) is 13.7 Å². The topological polar surface area (TPSA) is 127 Å². The monoisotopic (exact) mass is 404 g/mol. The fourth-order valence-electron chi connectivity index (χ4n) is 3.31. The number of hydrogen-bond donors (Lipinski definition) is 2. The maximum absolute atomic E-state index is 12.8. The molecule has 1 amide bonds. The molecule has 1 aliphatic heterocycles. The fourth-order valence-corrected chi connectivity index (χ4v) is 3.83. The molecule has 8 nitrogen and oxygen atoms in total. The molecule has 1 heterocycles. The molecule has 0 saturated carbocycles. The molecule has 0 unspecified atom stereocenters. The average Bonchev–Trinajstić information content (AvgIpc) is 2.87. The van der Waals surface area contributed by atoms with Crippen molar-refractivity contribution >= 4 is 21.9 Å². The number of nitrogens with two attached hydrogens (primary N) is 1. The summed E-state index contributed by atoms with van der Waals surface area (Å²) in [5.41, 5.74) is -0.369. The zero-order valence-electron chi connectivity index (χ0n) is 15.2. The summed E-state index contributed by atoms with van der Waals surface area (Å²) in [4.78, 5) is 25.9. The zero-order valence-corrected chi connectivity index (χ0v) is 16.0. The van der Waals surface area contributed by atoms with Gasteiger partial charge in [-0.1, -0.05) is 30.3 Å². The first kappa shape index (κ1) is 20.0. The molecule has 0 aliphatic carbocycles. The molecule has 1 aliphatic rings. The average molecular weight is 404 g/mol. The minimum absolute atomic E-state index is 0.0110. The molecule has 1 atom stereocenters. The molecule has 9 heteroatoms. The second-order valence-electron chi connectivity index (χ2n) is 6.51. The Morgan fingerprint density at radius 2 is 1.82 bits per heavy atom. The fraction of sp³-hybridized carbons (Fsp3) is 0.263. The number of primary sulfonamides is 1. The lowest BCUT2D eigenvalue weighted by Gasteiger charge is -2.33. The van der Waals surface area contributed by atoms with E-state index in [1.54, 1.807) is 36.4 Å². The van der Waals surface area contributed by atoms with Crippen LogP contribution in [-0.4, -0.2) is 44.0 Å². The van der Waals surface area contributed by atoms with E-state index in [0.29, 0.717) is 17.5 Å². The predicted octanol–water partition coefficient (Wildman–Crippen LogP) is 0.741. The standard InChI is InChI=1S/C19H20N2O6S/c1-27-17(22)12-19(24)16-5-3-2-4-15(16)18(23)21(19)11-10-13-6-8-14(9-7-13)28(20,25)26/h2-9,24H,10-12H2,1H3,(H2,20,25,26)/t19-/m1/s1. The number of sulfonamides is 1. The SMILES string of the molecule is COC(=O)C[C@@]1(O)c2ccccc2C(=O)N1CCc1ccc(S(N)(=O)=O)cc1. The van der Waals surface area contributed by atoms with Gasteiger partial charge in [-0.25, -0.2) is 13.6 Å². The van der Waals surface area contributed by atoms with E-state index in [-0.39, 0.29) is 17.3 Å². The number of carbonyl (C=O) groups is 2. The Morgan fingerprint density at radius 3 is 2.43 bits per heavy atom. The molecule has 2 aromatic rings. The number of carbonyl (C=O) groups excluding carboxylic acids is 2. The Hall–Kier alpha value is -2.75. The summed E-state index contributed by atoms with van der Waals surface area (Å²) in [5, 5.41) is 16.3. The van der Waals surface area contributed by atoms with Crippen LogP contribution in [0.5, 0.6) is 0 Å². The third kappa shape index (κ3) is 3.64. The maximum Gasteiger partial charge on any atom is 0.310 e. The highest BCUT2D eigenvalue weighted by atomic mass is 32.2. The highest BCUT2D eigenvalue weighted by Gasteiger charge is 2.49. The van der Waals surface area contributed by atoms with Crippen LogP contribution < -0.4 is 5.14 Å². The van der Waals surface area contributed by atoms with Crippen LogP contribution in [0, 0.1) is 0 Å². The Morgan fingerprint density at radius 1 is 1.18 bits per heavy atom. The summed E-state index contributed by atoms with van der Waals surface area (Å²) in [7, 11) is -2.57. The molecule has 0 saturated heterocycles. The first-order valence-corrected chi connectivity index (χ1v) is 10.0. The van der Waals surface area contributed by atoms with Gasteiger partial charge in [0, 0.05) is 17.7 Å². The largest absolute Gasteiger partial charge is 0.469 e. The zero-order chi connectivity index (χ0) is 20.5. The maximum atomic E-state index is 12.8. The lowest BCUT2D eigenvalue weighted by Crippen LogP contribution is -2.46. The van der Waals surface area contributed by atoms with Gasteiger partial charge in [0.25, 0.3) is 5.91 Å². The van der Waals surface area contributed by atoms with Gasteiger partial charge < -0.3 is 14.7 Å². The van der Waals surface area contributed by atoms with Gasteiger partial charge in [0.15, 0.2) is 5.72 Å². The number of amides is 1. The van der Waals surface area contributed by atoms with Crippen LogP contribution in [0.15, 0.2) is 53.4 Å². The van der Waals surface area contributed by atoms with Crippen LogP contribution in [-0.2, 0) is 31.7 Å². The van der Waals surface area contributed by atoms with Crippen molar-refractivity contribution < 1.29 is 27.9 Å². The summed E-state index contributed by atoms with van der Waals surface area (Å²) in [6, 6.07) is 12.5. The smallest absolute Gasteiger partial charge is 0.310 e. The first-order chi connectivity index (χ1) is 13.2. The quantitative estimate of drug-likeness (QED) is 0.684. The van der Waals surface area contributed by atoms with Crippen molar-refractivity contribution in [1.29, 1.82) is 0 Å². The third-order valence-electron chi connectivity index (χ3n) is 4.77. The van der Waals surface area contributed by atoms with Crippen molar-refractivity contribution in [3.63, 3.8) is 0 Å². The minimum Gasteiger partial charge on any atom is -0.469 e. The third-order valence-corrected chi connectivity index (χ3v) is 5.70. The summed E-state index contributed by atoms with van der Waals surface area (Å²) in [6.07, 6.45) is -0.0509. The molecular weight excluding hydrogens is 384 g/mol. The van der Waals surface area contributed by atoms with Crippen molar-refractivity contribution in [3.8, 4) is 0 Å². The second kappa shape index (κ2) is 7.34. The van der Waals surface area contributed by atoms with E-state index in [1.807, 2.05) is 0 Å². The number of aliphatic hydroxyl groups is 1. The van der Waals surface area contributed by atoms with E-state index in [1.165, 1.54) is 24.1 Å². The lowest BCUT2D eigenvalue weighted by molar-refractivity contribution is -0.155. The summed E-state index contributed by atoms with van der Waals surface area (Å²) >= 11 is 0. The van der Waals surface area contributed by atoms with E-state index < -0.39 is 28.1 Å². The molecule has 0 aromatic heterocycles. The second-order valence-corrected chi connectivity index (χ2v) is 8.07. The van der Waals surface area contributed by atoms with Gasteiger partial charge in [0.2, 0.25) is 10.0 Å². The van der Waals surface area contributed by atoms with E-state index in [9.17, 15) is 23.1 Å². The summed E-state index contributed by atoms with van der Waals surface area (Å²) in [5.74, 6) is -1.03. The van der Waals surface area contributed by atoms with Crippen LogP contribution in [0.3, 0.4) is 0 Å². The number of methoxy groups -OCH3 is 1. The molecule has 0 radical (unpaired) electrons. The summed E-state index contributed by atoms with van der Waals surface area (Å²) < 4.78 is 27.4. The van der Waals surface area contributed by atoms with Crippen LogP contribution >= 0.6 is 0 Å². The van der Waals surface area contributed by atoms with Gasteiger partial charge in [-0.3, -0.25) is 9.59 Å². The molecule has 0 bridgehead atoms. The van der Waals surface area contributed by atoms with E-state index in [4.69, 9.17) is 5.14 Å². The number of fused-ring (bicyclic) bond motifs is 1. The van der Waals surface area contributed by atoms with Gasteiger partial charge in [0.05, 0.1) is 18.4 Å². The van der Waals surface area contributed by atoms with Gasteiger partial charge in [0.1, 0.15) is 0 Å². The molecule has 148 valence electrons. The number of rotatable bonds is 6. The van der Waals surface area contributed by atoms with Gasteiger partial charge in [-0.05, 0) is 30.2 Å². The van der Waals surface area contributed by atoms with E-state index in [2.05, 4.69) is 4.74 Å². The van der Waals surface area contributed by atoms with Gasteiger partial charge in [-0.15, -0.1) is 0 Å². The minimum atomic E-state index is -3.79. The van der Waals surface area contributed by atoms with E-state index in [0.717, 1.165) is 5.56 Å². The van der Waals surface area contributed by atoms with Crippen LogP contribution in [0.1, 0.15) is 27.9 Å². The highest BCUT2D eigenvalue weighted by Crippen LogP contribution is 2.39. The number of hydrogen-bond acceptors (Lipinski definition) is 6.